The fourth-order valence-corrected chi connectivity index (χ4v) is 2.32. The van der Waals surface area contributed by atoms with Crippen LogP contribution in [0.1, 0.15) is 38.2 Å². The molecule has 0 amide bonds. The molecule has 1 saturated carbocycles. The highest BCUT2D eigenvalue weighted by Crippen LogP contribution is 2.37. The Labute approximate surface area is 102 Å². The molecule has 0 atom stereocenters. The SMILES string of the molecule is C#CC(C)(C)NC1CC(c2cccc(F)c2)C1. The molecular formula is C15H18FN. The molecule has 1 aromatic carbocycles. The van der Waals surface area contributed by atoms with E-state index in [0.717, 1.165) is 18.4 Å². The lowest BCUT2D eigenvalue weighted by atomic mass is 9.75. The van der Waals surface area contributed by atoms with Gasteiger partial charge in [0.1, 0.15) is 5.82 Å². The van der Waals surface area contributed by atoms with E-state index in [1.54, 1.807) is 12.1 Å². The maximum Gasteiger partial charge on any atom is 0.123 e. The molecule has 0 radical (unpaired) electrons. The van der Waals surface area contributed by atoms with Crippen LogP contribution in [0.4, 0.5) is 4.39 Å². The Bertz CT molecular complexity index is 438. The van der Waals surface area contributed by atoms with Gasteiger partial charge in [-0.2, -0.15) is 0 Å². The summed E-state index contributed by atoms with van der Waals surface area (Å²) < 4.78 is 13.1. The Hall–Kier alpha value is -1.33. The normalized spacial score (nSPS) is 23.9. The van der Waals surface area contributed by atoms with E-state index in [4.69, 9.17) is 6.42 Å². The minimum atomic E-state index is -0.252. The first-order valence-electron chi connectivity index (χ1n) is 6.01. The van der Waals surface area contributed by atoms with E-state index in [2.05, 4.69) is 11.2 Å². The van der Waals surface area contributed by atoms with Gasteiger partial charge in [-0.1, -0.05) is 18.1 Å². The largest absolute Gasteiger partial charge is 0.299 e. The van der Waals surface area contributed by atoms with Crippen LogP contribution in [0.3, 0.4) is 0 Å². The van der Waals surface area contributed by atoms with Crippen molar-refractivity contribution in [2.75, 3.05) is 0 Å². The van der Waals surface area contributed by atoms with Crippen molar-refractivity contribution in [2.24, 2.45) is 0 Å². The second-order valence-electron chi connectivity index (χ2n) is 5.33. The van der Waals surface area contributed by atoms with Crippen molar-refractivity contribution in [2.45, 2.75) is 44.2 Å². The molecule has 0 saturated heterocycles. The van der Waals surface area contributed by atoms with Gasteiger partial charge in [-0.3, -0.25) is 5.32 Å². The van der Waals surface area contributed by atoms with E-state index < -0.39 is 0 Å². The molecule has 0 aliphatic heterocycles. The van der Waals surface area contributed by atoms with Gasteiger partial charge >= 0.3 is 0 Å². The smallest absolute Gasteiger partial charge is 0.123 e. The quantitative estimate of drug-likeness (QED) is 0.788. The van der Waals surface area contributed by atoms with Gasteiger partial charge in [0.2, 0.25) is 0 Å². The van der Waals surface area contributed by atoms with Crippen LogP contribution in [0.5, 0.6) is 0 Å². The van der Waals surface area contributed by atoms with Crippen LogP contribution in [0.25, 0.3) is 0 Å². The van der Waals surface area contributed by atoms with Gasteiger partial charge in [-0.25, -0.2) is 4.39 Å². The number of terminal acetylenes is 1. The first-order valence-corrected chi connectivity index (χ1v) is 6.01. The minimum Gasteiger partial charge on any atom is -0.299 e. The molecule has 0 bridgehead atoms. The van der Waals surface area contributed by atoms with Crippen molar-refractivity contribution in [1.29, 1.82) is 0 Å². The Balaban J connectivity index is 1.90. The molecule has 0 spiro atoms. The van der Waals surface area contributed by atoms with Crippen molar-refractivity contribution in [3.05, 3.63) is 35.6 Å². The van der Waals surface area contributed by atoms with Crippen LogP contribution in [-0.4, -0.2) is 11.6 Å². The van der Waals surface area contributed by atoms with E-state index in [0.29, 0.717) is 12.0 Å². The summed E-state index contributed by atoms with van der Waals surface area (Å²) in [5, 5.41) is 3.43. The van der Waals surface area contributed by atoms with Crippen molar-refractivity contribution in [3.63, 3.8) is 0 Å². The standard InChI is InChI=1S/C15H18FN/c1-4-15(2,3)17-14-9-12(10-14)11-6-5-7-13(16)8-11/h1,5-8,12,14,17H,9-10H2,2-3H3. The molecule has 1 N–H and O–H groups in total. The lowest BCUT2D eigenvalue weighted by Crippen LogP contribution is -2.50. The lowest BCUT2D eigenvalue weighted by molar-refractivity contribution is 0.252. The molecule has 1 aliphatic rings. The first kappa shape index (κ1) is 12.1. The van der Waals surface area contributed by atoms with Crippen LogP contribution in [0.15, 0.2) is 24.3 Å². The summed E-state index contributed by atoms with van der Waals surface area (Å²) in [5.74, 6) is 3.05. The lowest BCUT2D eigenvalue weighted by Gasteiger charge is -2.40. The van der Waals surface area contributed by atoms with E-state index in [-0.39, 0.29) is 11.4 Å². The van der Waals surface area contributed by atoms with Crippen molar-refractivity contribution < 1.29 is 4.39 Å². The summed E-state index contributed by atoms with van der Waals surface area (Å²) in [5.41, 5.74) is 0.846. The summed E-state index contributed by atoms with van der Waals surface area (Å²) in [6.45, 7) is 4.00. The van der Waals surface area contributed by atoms with E-state index >= 15 is 0 Å². The van der Waals surface area contributed by atoms with Crippen LogP contribution in [0.2, 0.25) is 0 Å². The number of benzene rings is 1. The maximum absolute atomic E-state index is 13.1. The second kappa shape index (κ2) is 4.50. The van der Waals surface area contributed by atoms with Crippen LogP contribution in [0, 0.1) is 18.2 Å². The van der Waals surface area contributed by atoms with Gasteiger partial charge in [0, 0.05) is 6.04 Å². The first-order chi connectivity index (χ1) is 8.00. The Kier molecular flexibility index (Phi) is 3.22. The molecular weight excluding hydrogens is 213 g/mol. The third-order valence-electron chi connectivity index (χ3n) is 3.38. The molecule has 0 aromatic heterocycles. The molecule has 1 fully saturated rings. The van der Waals surface area contributed by atoms with Crippen LogP contribution in [-0.2, 0) is 0 Å². The van der Waals surface area contributed by atoms with E-state index in [1.165, 1.54) is 6.07 Å². The predicted octanol–water partition coefficient (Wildman–Crippen LogP) is 3.07. The highest BCUT2D eigenvalue weighted by molar-refractivity contribution is 5.24. The summed E-state index contributed by atoms with van der Waals surface area (Å²) in [4.78, 5) is 0. The number of nitrogens with one attached hydrogen (secondary N) is 1. The highest BCUT2D eigenvalue weighted by atomic mass is 19.1. The van der Waals surface area contributed by atoms with Crippen molar-refractivity contribution in [3.8, 4) is 12.3 Å². The summed E-state index contributed by atoms with van der Waals surface area (Å²) in [6, 6.07) is 7.34. The number of hydrogen-bond acceptors (Lipinski definition) is 1. The highest BCUT2D eigenvalue weighted by Gasteiger charge is 2.33. The summed E-state index contributed by atoms with van der Waals surface area (Å²) in [6.07, 6.45) is 7.51. The number of halogens is 1. The average molecular weight is 231 g/mol. The van der Waals surface area contributed by atoms with Crippen molar-refractivity contribution >= 4 is 0 Å². The minimum absolute atomic E-state index is 0.150. The molecule has 1 aromatic rings. The Morgan fingerprint density at radius 2 is 2.12 bits per heavy atom. The van der Waals surface area contributed by atoms with Crippen LogP contribution >= 0.6 is 0 Å². The number of hydrogen-bond donors (Lipinski definition) is 1. The number of rotatable bonds is 3. The Morgan fingerprint density at radius 3 is 2.71 bits per heavy atom. The van der Waals surface area contributed by atoms with Gasteiger partial charge in [-0.05, 0) is 50.3 Å². The maximum atomic E-state index is 13.1. The zero-order valence-electron chi connectivity index (χ0n) is 10.3. The molecule has 2 rings (SSSR count). The van der Waals surface area contributed by atoms with E-state index in [9.17, 15) is 4.39 Å². The van der Waals surface area contributed by atoms with Crippen LogP contribution < -0.4 is 5.32 Å². The summed E-state index contributed by atoms with van der Waals surface area (Å²) in [7, 11) is 0. The molecule has 1 nitrogen and oxygen atoms in total. The molecule has 0 unspecified atom stereocenters. The van der Waals surface area contributed by atoms with Gasteiger partial charge in [0.15, 0.2) is 0 Å². The molecule has 1 aliphatic carbocycles. The molecule has 90 valence electrons. The van der Waals surface area contributed by atoms with Gasteiger partial charge in [0.05, 0.1) is 5.54 Å². The topological polar surface area (TPSA) is 12.0 Å². The zero-order valence-corrected chi connectivity index (χ0v) is 10.3. The average Bonchev–Trinajstić information content (AvgIpc) is 2.23. The summed E-state index contributed by atoms with van der Waals surface area (Å²) >= 11 is 0. The van der Waals surface area contributed by atoms with E-state index in [1.807, 2.05) is 19.9 Å². The predicted molar refractivity (Wildman–Crippen MR) is 68.2 cm³/mol. The van der Waals surface area contributed by atoms with Crippen molar-refractivity contribution in [1.82, 2.24) is 5.32 Å². The Morgan fingerprint density at radius 1 is 1.41 bits per heavy atom. The third-order valence-corrected chi connectivity index (χ3v) is 3.38. The fraction of sp³-hybridized carbons (Fsp3) is 0.467. The molecule has 0 heterocycles. The van der Waals surface area contributed by atoms with Gasteiger partial charge in [0.25, 0.3) is 0 Å². The monoisotopic (exact) mass is 231 g/mol. The fourth-order valence-electron chi connectivity index (χ4n) is 2.32. The van der Waals surface area contributed by atoms with Gasteiger partial charge < -0.3 is 0 Å². The van der Waals surface area contributed by atoms with Gasteiger partial charge in [-0.15, -0.1) is 6.42 Å². The molecule has 17 heavy (non-hydrogen) atoms. The second-order valence-corrected chi connectivity index (χ2v) is 5.33. The zero-order chi connectivity index (χ0) is 12.5. The third kappa shape index (κ3) is 2.87. The molecule has 2 heteroatoms.